The molecule has 0 unspecified atom stereocenters. The van der Waals surface area contributed by atoms with E-state index >= 15 is 0 Å². The van der Waals surface area contributed by atoms with Gasteiger partial charge in [0.05, 0.1) is 0 Å². The van der Waals surface area contributed by atoms with Crippen LogP contribution < -0.4 is 10.1 Å². The van der Waals surface area contributed by atoms with Crippen LogP contribution in [-0.2, 0) is 4.79 Å². The Morgan fingerprint density at radius 1 is 1.22 bits per heavy atom. The molecule has 0 aliphatic carbocycles. The van der Waals surface area contributed by atoms with Crippen LogP contribution in [0, 0.1) is 5.92 Å². The minimum Gasteiger partial charge on any atom is -0.481 e. The molecule has 0 spiro atoms. The Morgan fingerprint density at radius 3 is 2.33 bits per heavy atom. The molecule has 1 amide bonds. The van der Waals surface area contributed by atoms with Gasteiger partial charge in [-0.25, -0.2) is 0 Å². The Kier molecular flexibility index (Phi) is 5.69. The van der Waals surface area contributed by atoms with Gasteiger partial charge in [-0.15, -0.1) is 0 Å². The zero-order valence-corrected chi connectivity index (χ0v) is 11.6. The van der Waals surface area contributed by atoms with E-state index in [1.54, 1.807) is 0 Å². The van der Waals surface area contributed by atoms with E-state index in [1.165, 1.54) is 0 Å². The lowest BCUT2D eigenvalue weighted by molar-refractivity contribution is -0.129. The molecule has 1 aromatic rings. The predicted octanol–water partition coefficient (Wildman–Crippen LogP) is 3.00. The summed E-state index contributed by atoms with van der Waals surface area (Å²) >= 11 is 0. The van der Waals surface area contributed by atoms with Gasteiger partial charge in [0.1, 0.15) is 5.75 Å². The van der Waals surface area contributed by atoms with Crippen LogP contribution in [0.3, 0.4) is 0 Å². The summed E-state index contributed by atoms with van der Waals surface area (Å²) in [5, 5.41) is 2.99. The normalized spacial score (nSPS) is 14.1. The number of amides is 1. The fourth-order valence-electron chi connectivity index (χ4n) is 1.47. The van der Waals surface area contributed by atoms with Crippen molar-refractivity contribution in [1.82, 2.24) is 5.32 Å². The van der Waals surface area contributed by atoms with Gasteiger partial charge in [-0.05, 0) is 31.4 Å². The second-order valence-electron chi connectivity index (χ2n) is 4.87. The average molecular weight is 249 g/mol. The molecule has 0 saturated heterocycles. The number of benzene rings is 1. The molecule has 0 aliphatic heterocycles. The molecule has 1 rings (SSSR count). The fraction of sp³-hybridized carbons (Fsp3) is 0.533. The summed E-state index contributed by atoms with van der Waals surface area (Å²) in [5.41, 5.74) is 0. The molecule has 0 heterocycles. The summed E-state index contributed by atoms with van der Waals surface area (Å²) in [5.74, 6) is 1.11. The van der Waals surface area contributed by atoms with Crippen molar-refractivity contribution in [3.8, 4) is 5.75 Å². The molecule has 18 heavy (non-hydrogen) atoms. The Bertz CT molecular complexity index is 362. The molecule has 3 nitrogen and oxygen atoms in total. The highest BCUT2D eigenvalue weighted by atomic mass is 16.5. The number of carbonyl (C=O) groups excluding carboxylic acids is 1. The zero-order chi connectivity index (χ0) is 13.5. The topological polar surface area (TPSA) is 38.3 Å². The van der Waals surface area contributed by atoms with Crippen LogP contribution in [0.1, 0.15) is 34.1 Å². The van der Waals surface area contributed by atoms with Crippen molar-refractivity contribution in [2.75, 3.05) is 0 Å². The first-order valence-corrected chi connectivity index (χ1v) is 6.56. The summed E-state index contributed by atoms with van der Waals surface area (Å²) in [4.78, 5) is 12.1. The number of ether oxygens (including phenoxy) is 1. The molecule has 1 N–H and O–H groups in total. The molecule has 3 heteroatoms. The molecule has 1 aromatic carbocycles. The van der Waals surface area contributed by atoms with E-state index < -0.39 is 6.10 Å². The SMILES string of the molecule is CC[C@H](Oc1ccccc1)C(=O)N[C@@H](C)C(C)C. The maximum absolute atomic E-state index is 12.1. The highest BCUT2D eigenvalue weighted by molar-refractivity contribution is 5.81. The average Bonchev–Trinajstić information content (AvgIpc) is 2.36. The fourth-order valence-corrected chi connectivity index (χ4v) is 1.47. The highest BCUT2D eigenvalue weighted by Gasteiger charge is 2.20. The number of nitrogens with one attached hydrogen (secondary N) is 1. The van der Waals surface area contributed by atoms with Gasteiger partial charge in [0.15, 0.2) is 6.10 Å². The van der Waals surface area contributed by atoms with Crippen LogP contribution >= 0.6 is 0 Å². The van der Waals surface area contributed by atoms with Crippen molar-refractivity contribution in [3.63, 3.8) is 0 Å². The summed E-state index contributed by atoms with van der Waals surface area (Å²) in [6.45, 7) is 8.14. The summed E-state index contributed by atoms with van der Waals surface area (Å²) in [6, 6.07) is 9.61. The molecule has 0 fully saturated rings. The third-order valence-electron chi connectivity index (χ3n) is 3.05. The summed E-state index contributed by atoms with van der Waals surface area (Å²) in [7, 11) is 0. The van der Waals surface area contributed by atoms with Gasteiger partial charge in [-0.2, -0.15) is 0 Å². The van der Waals surface area contributed by atoms with E-state index in [2.05, 4.69) is 19.2 Å². The molecule has 0 aliphatic rings. The van der Waals surface area contributed by atoms with Crippen molar-refractivity contribution >= 4 is 5.91 Å². The first kappa shape index (κ1) is 14.6. The lowest BCUT2D eigenvalue weighted by atomic mass is 10.1. The van der Waals surface area contributed by atoms with Crippen molar-refractivity contribution in [3.05, 3.63) is 30.3 Å². The standard InChI is InChI=1S/C15H23NO2/c1-5-14(15(17)16-12(4)11(2)3)18-13-9-7-6-8-10-13/h6-12,14H,5H2,1-4H3,(H,16,17)/t12-,14-/m0/s1. The second kappa shape index (κ2) is 7.04. The number of hydrogen-bond donors (Lipinski definition) is 1. The Balaban J connectivity index is 2.58. The van der Waals surface area contributed by atoms with Gasteiger partial charge in [0.2, 0.25) is 0 Å². The van der Waals surface area contributed by atoms with E-state index in [9.17, 15) is 4.79 Å². The number of carbonyl (C=O) groups is 1. The van der Waals surface area contributed by atoms with Crippen LogP contribution in [0.15, 0.2) is 30.3 Å². The lowest BCUT2D eigenvalue weighted by Crippen LogP contribution is -2.44. The maximum atomic E-state index is 12.1. The van der Waals surface area contributed by atoms with Crippen molar-refractivity contribution in [2.24, 2.45) is 5.92 Å². The van der Waals surface area contributed by atoms with Crippen LogP contribution in [0.5, 0.6) is 5.75 Å². The highest BCUT2D eigenvalue weighted by Crippen LogP contribution is 2.13. The number of para-hydroxylation sites is 1. The van der Waals surface area contributed by atoms with E-state index in [0.717, 1.165) is 5.75 Å². The van der Waals surface area contributed by atoms with Gasteiger partial charge in [-0.3, -0.25) is 4.79 Å². The van der Waals surface area contributed by atoms with Gasteiger partial charge < -0.3 is 10.1 Å². The Morgan fingerprint density at radius 2 is 1.83 bits per heavy atom. The molecular formula is C15H23NO2. The number of hydrogen-bond acceptors (Lipinski definition) is 2. The molecular weight excluding hydrogens is 226 g/mol. The van der Waals surface area contributed by atoms with E-state index in [0.29, 0.717) is 12.3 Å². The smallest absolute Gasteiger partial charge is 0.261 e. The van der Waals surface area contributed by atoms with Gasteiger partial charge >= 0.3 is 0 Å². The third-order valence-corrected chi connectivity index (χ3v) is 3.05. The Labute approximate surface area is 110 Å². The van der Waals surface area contributed by atoms with E-state index in [4.69, 9.17) is 4.74 Å². The molecule has 100 valence electrons. The minimum absolute atomic E-state index is 0.0393. The van der Waals surface area contributed by atoms with Crippen LogP contribution in [0.25, 0.3) is 0 Å². The van der Waals surface area contributed by atoms with Gasteiger partial charge in [-0.1, -0.05) is 39.0 Å². The van der Waals surface area contributed by atoms with Crippen molar-refractivity contribution in [2.45, 2.75) is 46.3 Å². The van der Waals surface area contributed by atoms with Crippen molar-refractivity contribution in [1.29, 1.82) is 0 Å². The van der Waals surface area contributed by atoms with Crippen LogP contribution in [0.2, 0.25) is 0 Å². The predicted molar refractivity (Wildman–Crippen MR) is 73.6 cm³/mol. The third kappa shape index (κ3) is 4.40. The van der Waals surface area contributed by atoms with Crippen LogP contribution in [-0.4, -0.2) is 18.1 Å². The molecule has 0 bridgehead atoms. The molecule has 2 atom stereocenters. The van der Waals surface area contributed by atoms with Crippen molar-refractivity contribution < 1.29 is 9.53 Å². The maximum Gasteiger partial charge on any atom is 0.261 e. The zero-order valence-electron chi connectivity index (χ0n) is 11.6. The first-order valence-electron chi connectivity index (χ1n) is 6.56. The van der Waals surface area contributed by atoms with Gasteiger partial charge in [0.25, 0.3) is 5.91 Å². The van der Waals surface area contributed by atoms with E-state index in [1.807, 2.05) is 44.2 Å². The first-order chi connectivity index (χ1) is 8.54. The molecule has 0 radical (unpaired) electrons. The minimum atomic E-state index is -0.423. The quantitative estimate of drug-likeness (QED) is 0.841. The Hall–Kier alpha value is -1.51. The summed E-state index contributed by atoms with van der Waals surface area (Å²) < 4.78 is 5.69. The monoisotopic (exact) mass is 249 g/mol. The largest absolute Gasteiger partial charge is 0.481 e. The van der Waals surface area contributed by atoms with E-state index in [-0.39, 0.29) is 11.9 Å². The second-order valence-corrected chi connectivity index (χ2v) is 4.87. The molecule has 0 saturated carbocycles. The number of rotatable bonds is 6. The molecule has 0 aromatic heterocycles. The summed E-state index contributed by atoms with van der Waals surface area (Å²) in [6.07, 6.45) is 0.236. The van der Waals surface area contributed by atoms with Crippen LogP contribution in [0.4, 0.5) is 0 Å². The lowest BCUT2D eigenvalue weighted by Gasteiger charge is -2.22. The van der Waals surface area contributed by atoms with Gasteiger partial charge in [0, 0.05) is 6.04 Å².